The minimum absolute atomic E-state index is 0.0372. The fourth-order valence-corrected chi connectivity index (χ4v) is 2.31. The van der Waals surface area contributed by atoms with E-state index in [1.807, 2.05) is 62.6 Å². The molecule has 0 spiro atoms. The lowest BCUT2D eigenvalue weighted by atomic mass is 10.0. The average Bonchev–Trinajstić information content (AvgIpc) is 2.53. The van der Waals surface area contributed by atoms with Crippen LogP contribution in [0, 0.1) is 0 Å². The molecule has 0 fully saturated rings. The van der Waals surface area contributed by atoms with E-state index < -0.39 is 0 Å². The third-order valence-electron chi connectivity index (χ3n) is 3.61. The van der Waals surface area contributed by atoms with Crippen LogP contribution in [-0.2, 0) is 0 Å². The molecule has 0 aliphatic rings. The first-order chi connectivity index (χ1) is 10.1. The van der Waals surface area contributed by atoms with E-state index in [0.29, 0.717) is 0 Å². The lowest BCUT2D eigenvalue weighted by molar-refractivity contribution is 0.167. The van der Waals surface area contributed by atoms with Crippen molar-refractivity contribution in [2.75, 3.05) is 19.0 Å². The molecule has 0 saturated carbocycles. The lowest BCUT2D eigenvalue weighted by Gasteiger charge is -2.25. The van der Waals surface area contributed by atoms with Gasteiger partial charge in [-0.15, -0.1) is 0 Å². The SMILES string of the molecule is CCC(Oc1cccc(N(C)C)c1)C(N)c1ccccc1. The van der Waals surface area contributed by atoms with Crippen molar-refractivity contribution < 1.29 is 4.74 Å². The molecule has 2 aromatic carbocycles. The Morgan fingerprint density at radius 2 is 1.76 bits per heavy atom. The summed E-state index contributed by atoms with van der Waals surface area (Å²) in [6.45, 7) is 2.10. The van der Waals surface area contributed by atoms with Crippen molar-refractivity contribution in [3.63, 3.8) is 0 Å². The molecule has 2 atom stereocenters. The maximum Gasteiger partial charge on any atom is 0.121 e. The Kier molecular flexibility index (Phi) is 5.23. The number of ether oxygens (including phenoxy) is 1. The molecule has 0 amide bonds. The van der Waals surface area contributed by atoms with Crippen molar-refractivity contribution in [1.29, 1.82) is 0 Å². The van der Waals surface area contributed by atoms with E-state index in [1.165, 1.54) is 0 Å². The van der Waals surface area contributed by atoms with E-state index in [9.17, 15) is 0 Å². The molecule has 0 bridgehead atoms. The Morgan fingerprint density at radius 3 is 2.38 bits per heavy atom. The molecule has 0 heterocycles. The van der Waals surface area contributed by atoms with Gasteiger partial charge in [0.1, 0.15) is 11.9 Å². The molecule has 2 unspecified atom stereocenters. The molecule has 3 nitrogen and oxygen atoms in total. The molecule has 112 valence electrons. The Bertz CT molecular complexity index is 554. The monoisotopic (exact) mass is 284 g/mol. The van der Waals surface area contributed by atoms with E-state index in [1.54, 1.807) is 0 Å². The van der Waals surface area contributed by atoms with Gasteiger partial charge in [0, 0.05) is 25.8 Å². The molecule has 2 N–H and O–H groups in total. The number of nitrogens with zero attached hydrogens (tertiary/aromatic N) is 1. The second kappa shape index (κ2) is 7.14. The van der Waals surface area contributed by atoms with Gasteiger partial charge in [-0.25, -0.2) is 0 Å². The Morgan fingerprint density at radius 1 is 1.05 bits per heavy atom. The highest BCUT2D eigenvalue weighted by Gasteiger charge is 2.19. The first-order valence-electron chi connectivity index (χ1n) is 7.36. The zero-order chi connectivity index (χ0) is 15.2. The summed E-state index contributed by atoms with van der Waals surface area (Å²) in [6, 6.07) is 18.1. The molecule has 0 aliphatic carbocycles. The largest absolute Gasteiger partial charge is 0.488 e. The van der Waals surface area contributed by atoms with Gasteiger partial charge in [-0.2, -0.15) is 0 Å². The van der Waals surface area contributed by atoms with Crippen LogP contribution in [0.1, 0.15) is 24.9 Å². The van der Waals surface area contributed by atoms with E-state index >= 15 is 0 Å². The van der Waals surface area contributed by atoms with Crippen molar-refractivity contribution in [3.05, 3.63) is 60.2 Å². The van der Waals surface area contributed by atoms with E-state index in [-0.39, 0.29) is 12.1 Å². The fraction of sp³-hybridized carbons (Fsp3) is 0.333. The quantitative estimate of drug-likeness (QED) is 0.880. The molecular weight excluding hydrogens is 260 g/mol. The van der Waals surface area contributed by atoms with E-state index in [2.05, 4.69) is 17.9 Å². The summed E-state index contributed by atoms with van der Waals surface area (Å²) >= 11 is 0. The van der Waals surface area contributed by atoms with Crippen molar-refractivity contribution in [2.24, 2.45) is 5.73 Å². The van der Waals surface area contributed by atoms with Crippen LogP contribution < -0.4 is 15.4 Å². The highest BCUT2D eigenvalue weighted by atomic mass is 16.5. The van der Waals surface area contributed by atoms with Crippen LogP contribution in [0.3, 0.4) is 0 Å². The number of benzene rings is 2. The molecular formula is C18H24N2O. The van der Waals surface area contributed by atoms with Gasteiger partial charge >= 0.3 is 0 Å². The molecule has 2 rings (SSSR count). The fourth-order valence-electron chi connectivity index (χ4n) is 2.31. The van der Waals surface area contributed by atoms with Crippen LogP contribution in [0.5, 0.6) is 5.75 Å². The van der Waals surface area contributed by atoms with Crippen LogP contribution in [0.15, 0.2) is 54.6 Å². The topological polar surface area (TPSA) is 38.5 Å². The Balaban J connectivity index is 2.14. The van der Waals surface area contributed by atoms with Crippen molar-refractivity contribution in [3.8, 4) is 5.75 Å². The third-order valence-corrected chi connectivity index (χ3v) is 3.61. The van der Waals surface area contributed by atoms with Crippen molar-refractivity contribution in [1.82, 2.24) is 0 Å². The van der Waals surface area contributed by atoms with Gasteiger partial charge < -0.3 is 15.4 Å². The zero-order valence-corrected chi connectivity index (χ0v) is 13.0. The second-order valence-electron chi connectivity index (χ2n) is 5.39. The lowest BCUT2D eigenvalue weighted by Crippen LogP contribution is -2.31. The highest BCUT2D eigenvalue weighted by molar-refractivity contribution is 5.49. The number of hydrogen-bond acceptors (Lipinski definition) is 3. The molecule has 2 aromatic rings. The Hall–Kier alpha value is -2.00. The summed E-state index contributed by atoms with van der Waals surface area (Å²) in [5.74, 6) is 0.861. The zero-order valence-electron chi connectivity index (χ0n) is 13.0. The molecule has 21 heavy (non-hydrogen) atoms. The summed E-state index contributed by atoms with van der Waals surface area (Å²) in [6.07, 6.45) is 0.826. The first-order valence-corrected chi connectivity index (χ1v) is 7.36. The minimum Gasteiger partial charge on any atom is -0.488 e. The summed E-state index contributed by atoms with van der Waals surface area (Å²) in [4.78, 5) is 2.06. The predicted molar refractivity (Wildman–Crippen MR) is 88.8 cm³/mol. The van der Waals surface area contributed by atoms with Crippen LogP contribution in [0.4, 0.5) is 5.69 Å². The maximum atomic E-state index is 6.36. The van der Waals surface area contributed by atoms with Crippen molar-refractivity contribution in [2.45, 2.75) is 25.5 Å². The Labute approximate surface area is 127 Å². The van der Waals surface area contributed by atoms with Gasteiger partial charge in [-0.1, -0.05) is 43.3 Å². The maximum absolute atomic E-state index is 6.36. The number of rotatable bonds is 6. The highest BCUT2D eigenvalue weighted by Crippen LogP contribution is 2.25. The third kappa shape index (κ3) is 3.99. The summed E-state index contributed by atoms with van der Waals surface area (Å²) in [7, 11) is 4.04. The summed E-state index contributed by atoms with van der Waals surface area (Å²) in [5, 5.41) is 0. The normalized spacial score (nSPS) is 13.5. The summed E-state index contributed by atoms with van der Waals surface area (Å²) in [5.41, 5.74) is 8.59. The van der Waals surface area contributed by atoms with Gasteiger partial charge in [0.15, 0.2) is 0 Å². The van der Waals surface area contributed by atoms with Crippen LogP contribution in [-0.4, -0.2) is 20.2 Å². The first kappa shape index (κ1) is 15.4. The average molecular weight is 284 g/mol. The molecule has 0 aliphatic heterocycles. The molecule has 0 radical (unpaired) electrons. The van der Waals surface area contributed by atoms with Crippen molar-refractivity contribution >= 4 is 5.69 Å². The van der Waals surface area contributed by atoms with Gasteiger partial charge in [0.25, 0.3) is 0 Å². The standard InChI is InChI=1S/C18H24N2O/c1-4-17(18(19)14-9-6-5-7-10-14)21-16-12-8-11-15(13-16)20(2)3/h5-13,17-18H,4,19H2,1-3H3. The van der Waals surface area contributed by atoms with Gasteiger partial charge in [0.2, 0.25) is 0 Å². The van der Waals surface area contributed by atoms with Gasteiger partial charge in [0.05, 0.1) is 6.04 Å². The number of hydrogen-bond donors (Lipinski definition) is 1. The number of nitrogens with two attached hydrogens (primary N) is 1. The van der Waals surface area contributed by atoms with Crippen LogP contribution >= 0.6 is 0 Å². The van der Waals surface area contributed by atoms with Crippen LogP contribution in [0.2, 0.25) is 0 Å². The molecule has 3 heteroatoms. The van der Waals surface area contributed by atoms with E-state index in [0.717, 1.165) is 23.4 Å². The minimum atomic E-state index is -0.126. The van der Waals surface area contributed by atoms with Gasteiger partial charge in [-0.3, -0.25) is 0 Å². The van der Waals surface area contributed by atoms with Crippen LogP contribution in [0.25, 0.3) is 0 Å². The second-order valence-corrected chi connectivity index (χ2v) is 5.39. The smallest absolute Gasteiger partial charge is 0.121 e. The van der Waals surface area contributed by atoms with E-state index in [4.69, 9.17) is 10.5 Å². The number of anilines is 1. The van der Waals surface area contributed by atoms with Gasteiger partial charge in [-0.05, 0) is 24.1 Å². The molecule has 0 saturated heterocycles. The predicted octanol–water partition coefficient (Wildman–Crippen LogP) is 3.61. The summed E-state index contributed by atoms with van der Waals surface area (Å²) < 4.78 is 6.12. The molecule has 0 aromatic heterocycles.